The van der Waals surface area contributed by atoms with Crippen LogP contribution in [0.4, 0.5) is 5.69 Å². The molecule has 1 unspecified atom stereocenters. The Morgan fingerprint density at radius 1 is 0.806 bits per heavy atom. The van der Waals surface area contributed by atoms with E-state index in [1.165, 1.54) is 0 Å². The maximum Gasteiger partial charge on any atom is 0.265 e. The third-order valence-corrected chi connectivity index (χ3v) is 4.73. The normalized spacial score (nSPS) is 11.5. The Balaban J connectivity index is 1.54. The fourth-order valence-electron chi connectivity index (χ4n) is 3.06. The van der Waals surface area contributed by atoms with Gasteiger partial charge >= 0.3 is 0 Å². The molecule has 1 N–H and O–H groups in total. The number of anilines is 1. The van der Waals surface area contributed by atoms with E-state index in [1.54, 1.807) is 0 Å². The molecule has 0 heterocycles. The first-order valence-electron chi connectivity index (χ1n) is 10.6. The highest BCUT2D eigenvalue weighted by Crippen LogP contribution is 2.23. The third-order valence-electron chi connectivity index (χ3n) is 4.73. The zero-order valence-electron chi connectivity index (χ0n) is 18.0. The van der Waals surface area contributed by atoms with Crippen molar-refractivity contribution in [3.8, 4) is 22.6 Å². The van der Waals surface area contributed by atoms with Gasteiger partial charge in [-0.2, -0.15) is 0 Å². The van der Waals surface area contributed by atoms with Crippen molar-refractivity contribution in [2.24, 2.45) is 0 Å². The Bertz CT molecular complexity index is 924. The molecule has 0 saturated heterocycles. The first-order valence-corrected chi connectivity index (χ1v) is 10.6. The van der Waals surface area contributed by atoms with Gasteiger partial charge in [-0.15, -0.1) is 0 Å². The topological polar surface area (TPSA) is 56.8 Å². The maximum absolute atomic E-state index is 12.7. The molecule has 3 rings (SSSR count). The van der Waals surface area contributed by atoms with Gasteiger partial charge in [0.15, 0.2) is 6.10 Å². The molecule has 0 fully saturated rings. The van der Waals surface area contributed by atoms with Crippen molar-refractivity contribution in [3.05, 3.63) is 78.9 Å². The highest BCUT2D eigenvalue weighted by Gasteiger charge is 2.18. The number of hydrogen-bond donors (Lipinski definition) is 1. The highest BCUT2D eigenvalue weighted by molar-refractivity contribution is 5.94. The maximum atomic E-state index is 12.7. The number of rotatable bonds is 11. The monoisotopic (exact) mass is 419 g/mol. The van der Waals surface area contributed by atoms with Crippen LogP contribution in [0.3, 0.4) is 0 Å². The van der Waals surface area contributed by atoms with Crippen LogP contribution in [0, 0.1) is 0 Å². The van der Waals surface area contributed by atoms with Gasteiger partial charge in [0.05, 0.1) is 6.61 Å². The Hall–Kier alpha value is -3.31. The van der Waals surface area contributed by atoms with Crippen molar-refractivity contribution in [3.63, 3.8) is 0 Å². The molecule has 3 aromatic carbocycles. The summed E-state index contributed by atoms with van der Waals surface area (Å²) in [5.74, 6) is 1.22. The molecule has 0 saturated carbocycles. The van der Waals surface area contributed by atoms with E-state index in [-0.39, 0.29) is 5.91 Å². The summed E-state index contributed by atoms with van der Waals surface area (Å²) in [7, 11) is 0. The summed E-state index contributed by atoms with van der Waals surface area (Å²) in [4.78, 5) is 12.7. The molecule has 0 radical (unpaired) electrons. The van der Waals surface area contributed by atoms with Crippen LogP contribution in [0.1, 0.15) is 20.3 Å². The SMILES string of the molecule is CCOCCOc1ccc(NC(=O)C(CC)Oc2ccc(-c3ccccc3)cc2)cc1. The van der Waals surface area contributed by atoms with Crippen LogP contribution in [0.15, 0.2) is 78.9 Å². The summed E-state index contributed by atoms with van der Waals surface area (Å²) in [6.45, 7) is 5.60. The van der Waals surface area contributed by atoms with Crippen LogP contribution in [-0.2, 0) is 9.53 Å². The fourth-order valence-corrected chi connectivity index (χ4v) is 3.06. The molecule has 31 heavy (non-hydrogen) atoms. The van der Waals surface area contributed by atoms with Crippen molar-refractivity contribution >= 4 is 11.6 Å². The molecule has 5 heteroatoms. The molecule has 0 aromatic heterocycles. The van der Waals surface area contributed by atoms with Gasteiger partial charge in [0.1, 0.15) is 18.1 Å². The minimum absolute atomic E-state index is 0.181. The molecule has 0 aliphatic rings. The van der Waals surface area contributed by atoms with Gasteiger partial charge in [-0.25, -0.2) is 0 Å². The lowest BCUT2D eigenvalue weighted by molar-refractivity contribution is -0.122. The quantitative estimate of drug-likeness (QED) is 0.413. The fraction of sp³-hybridized carbons (Fsp3) is 0.269. The summed E-state index contributed by atoms with van der Waals surface area (Å²) in [6.07, 6.45) is -0.0186. The minimum Gasteiger partial charge on any atom is -0.491 e. The lowest BCUT2D eigenvalue weighted by atomic mass is 10.1. The molecule has 0 spiro atoms. The van der Waals surface area contributed by atoms with Gasteiger partial charge in [0, 0.05) is 12.3 Å². The zero-order chi connectivity index (χ0) is 21.9. The predicted octanol–water partition coefficient (Wildman–Crippen LogP) is 5.57. The molecule has 0 aliphatic carbocycles. The van der Waals surface area contributed by atoms with E-state index in [0.29, 0.717) is 37.7 Å². The number of carbonyl (C=O) groups is 1. The van der Waals surface area contributed by atoms with Crippen molar-refractivity contribution in [2.75, 3.05) is 25.1 Å². The Labute approximate surface area is 184 Å². The van der Waals surface area contributed by atoms with E-state index in [2.05, 4.69) is 17.4 Å². The number of amides is 1. The zero-order valence-corrected chi connectivity index (χ0v) is 18.0. The second-order valence-electron chi connectivity index (χ2n) is 6.96. The largest absolute Gasteiger partial charge is 0.491 e. The van der Waals surface area contributed by atoms with Gasteiger partial charge in [-0.05, 0) is 60.9 Å². The lowest BCUT2D eigenvalue weighted by Crippen LogP contribution is -2.32. The van der Waals surface area contributed by atoms with Crippen LogP contribution in [-0.4, -0.2) is 31.8 Å². The van der Waals surface area contributed by atoms with Crippen LogP contribution in [0.2, 0.25) is 0 Å². The van der Waals surface area contributed by atoms with E-state index in [1.807, 2.05) is 80.6 Å². The second kappa shape index (κ2) is 11.8. The number of carbonyl (C=O) groups excluding carboxylic acids is 1. The number of ether oxygens (including phenoxy) is 3. The number of nitrogens with one attached hydrogen (secondary N) is 1. The van der Waals surface area contributed by atoms with Gasteiger partial charge in [-0.3, -0.25) is 4.79 Å². The van der Waals surface area contributed by atoms with E-state index in [4.69, 9.17) is 14.2 Å². The van der Waals surface area contributed by atoms with Crippen molar-refractivity contribution < 1.29 is 19.0 Å². The summed E-state index contributed by atoms with van der Waals surface area (Å²) < 4.78 is 16.8. The average molecular weight is 420 g/mol. The van der Waals surface area contributed by atoms with E-state index in [0.717, 1.165) is 16.9 Å². The predicted molar refractivity (Wildman–Crippen MR) is 124 cm³/mol. The molecule has 0 bridgehead atoms. The second-order valence-corrected chi connectivity index (χ2v) is 6.96. The average Bonchev–Trinajstić information content (AvgIpc) is 2.82. The van der Waals surface area contributed by atoms with Crippen molar-refractivity contribution in [1.82, 2.24) is 0 Å². The number of hydrogen-bond acceptors (Lipinski definition) is 4. The minimum atomic E-state index is -0.579. The van der Waals surface area contributed by atoms with Crippen LogP contribution < -0.4 is 14.8 Å². The lowest BCUT2D eigenvalue weighted by Gasteiger charge is -2.18. The molecule has 3 aromatic rings. The molecule has 1 atom stereocenters. The molecule has 5 nitrogen and oxygen atoms in total. The first-order chi connectivity index (χ1) is 15.2. The molecule has 1 amide bonds. The standard InChI is InChI=1S/C26H29NO4/c1-3-25(31-24-14-10-21(11-15-24)20-8-6-5-7-9-20)26(28)27-22-12-16-23(17-13-22)30-19-18-29-4-2/h5-17,25H,3-4,18-19H2,1-2H3,(H,27,28). The Kier molecular flexibility index (Phi) is 8.49. The first kappa shape index (κ1) is 22.4. The summed E-state index contributed by atoms with van der Waals surface area (Å²) in [5, 5.41) is 2.91. The van der Waals surface area contributed by atoms with E-state index < -0.39 is 6.10 Å². The number of benzene rings is 3. The summed E-state index contributed by atoms with van der Waals surface area (Å²) in [6, 6.07) is 25.2. The van der Waals surface area contributed by atoms with Gasteiger partial charge in [0.25, 0.3) is 5.91 Å². The van der Waals surface area contributed by atoms with Gasteiger partial charge < -0.3 is 19.5 Å². The van der Waals surface area contributed by atoms with Crippen LogP contribution in [0.25, 0.3) is 11.1 Å². The molecule has 0 aliphatic heterocycles. The van der Waals surface area contributed by atoms with E-state index in [9.17, 15) is 4.79 Å². The van der Waals surface area contributed by atoms with Crippen LogP contribution >= 0.6 is 0 Å². The van der Waals surface area contributed by atoms with E-state index >= 15 is 0 Å². The Morgan fingerprint density at radius 3 is 2.10 bits per heavy atom. The van der Waals surface area contributed by atoms with Crippen molar-refractivity contribution in [1.29, 1.82) is 0 Å². The van der Waals surface area contributed by atoms with Gasteiger partial charge in [-0.1, -0.05) is 49.4 Å². The summed E-state index contributed by atoms with van der Waals surface area (Å²) >= 11 is 0. The van der Waals surface area contributed by atoms with Crippen LogP contribution in [0.5, 0.6) is 11.5 Å². The molecule has 162 valence electrons. The van der Waals surface area contributed by atoms with Gasteiger partial charge in [0.2, 0.25) is 0 Å². The molecular formula is C26H29NO4. The highest BCUT2D eigenvalue weighted by atomic mass is 16.5. The molecular weight excluding hydrogens is 390 g/mol. The summed E-state index contributed by atoms with van der Waals surface area (Å²) in [5.41, 5.74) is 2.95. The third kappa shape index (κ3) is 6.86. The Morgan fingerprint density at radius 2 is 1.45 bits per heavy atom. The van der Waals surface area contributed by atoms with Crippen molar-refractivity contribution in [2.45, 2.75) is 26.4 Å². The smallest absolute Gasteiger partial charge is 0.265 e.